The van der Waals surface area contributed by atoms with Crippen LogP contribution in [0, 0.1) is 0 Å². The fourth-order valence-electron chi connectivity index (χ4n) is 3.51. The van der Waals surface area contributed by atoms with Gasteiger partial charge in [-0.25, -0.2) is 0 Å². The van der Waals surface area contributed by atoms with Crippen LogP contribution in [0.5, 0.6) is 5.75 Å². The summed E-state index contributed by atoms with van der Waals surface area (Å²) in [6.07, 6.45) is 0.388. The van der Waals surface area contributed by atoms with E-state index in [4.69, 9.17) is 16.3 Å². The second kappa shape index (κ2) is 12.6. The number of rotatable bonds is 10. The maximum atomic E-state index is 13.5. The lowest BCUT2D eigenvalue weighted by molar-refractivity contribution is -0.143. The van der Waals surface area contributed by atoms with Gasteiger partial charge in [-0.05, 0) is 55.3 Å². The van der Waals surface area contributed by atoms with Gasteiger partial charge in [0.05, 0.1) is 0 Å². The highest BCUT2D eigenvalue weighted by Crippen LogP contribution is 2.20. The minimum atomic E-state index is -0.705. The van der Waals surface area contributed by atoms with Crippen molar-refractivity contribution in [2.75, 3.05) is 6.61 Å². The fourth-order valence-corrected chi connectivity index (χ4v) is 3.95. The SMILES string of the molecule is CC(C)NC(=O)[C@H](Cc1ccccc1)N(Cc1ccc(Br)cc1)C(=O)COc1cccc(Cl)c1. The Bertz CT molecular complexity index is 1090. The predicted molar refractivity (Wildman–Crippen MR) is 139 cm³/mol. The number of nitrogens with one attached hydrogen (secondary N) is 1. The molecule has 0 fully saturated rings. The molecule has 3 aromatic rings. The Labute approximate surface area is 214 Å². The molecule has 0 bridgehead atoms. The first-order valence-corrected chi connectivity index (χ1v) is 12.3. The Balaban J connectivity index is 1.90. The molecule has 0 saturated carbocycles. The van der Waals surface area contributed by atoms with Gasteiger partial charge >= 0.3 is 0 Å². The first kappa shape index (κ1) is 25.8. The number of hydrogen-bond donors (Lipinski definition) is 1. The zero-order valence-electron chi connectivity index (χ0n) is 19.2. The standard InChI is InChI=1S/C27H28BrClN2O3/c1-19(2)30-27(33)25(15-20-7-4-3-5-8-20)31(17-21-11-13-22(28)14-12-21)26(32)18-34-24-10-6-9-23(29)16-24/h3-14,16,19,25H,15,17-18H2,1-2H3,(H,30,33)/t25-/m0/s1. The summed E-state index contributed by atoms with van der Waals surface area (Å²) in [4.78, 5) is 28.4. The van der Waals surface area contributed by atoms with Gasteiger partial charge < -0.3 is 15.0 Å². The van der Waals surface area contributed by atoms with Crippen LogP contribution in [-0.2, 0) is 22.6 Å². The number of carbonyl (C=O) groups excluding carboxylic acids is 2. The van der Waals surface area contributed by atoms with Gasteiger partial charge in [-0.1, -0.05) is 76.1 Å². The van der Waals surface area contributed by atoms with Crippen LogP contribution < -0.4 is 10.1 Å². The van der Waals surface area contributed by atoms with Crippen LogP contribution in [-0.4, -0.2) is 35.4 Å². The van der Waals surface area contributed by atoms with Crippen molar-refractivity contribution in [2.24, 2.45) is 0 Å². The Morgan fingerprint density at radius 1 is 0.971 bits per heavy atom. The third-order valence-electron chi connectivity index (χ3n) is 5.13. The molecule has 3 aromatic carbocycles. The van der Waals surface area contributed by atoms with Gasteiger partial charge in [0.1, 0.15) is 11.8 Å². The molecule has 178 valence electrons. The van der Waals surface area contributed by atoms with E-state index in [1.807, 2.05) is 68.4 Å². The van der Waals surface area contributed by atoms with Crippen molar-refractivity contribution < 1.29 is 14.3 Å². The molecule has 0 aromatic heterocycles. The Hall–Kier alpha value is -2.83. The van der Waals surface area contributed by atoms with Crippen LogP contribution in [0.2, 0.25) is 5.02 Å². The molecule has 0 aliphatic rings. The van der Waals surface area contributed by atoms with E-state index in [-0.39, 0.29) is 31.0 Å². The maximum Gasteiger partial charge on any atom is 0.261 e. The molecule has 34 heavy (non-hydrogen) atoms. The second-order valence-electron chi connectivity index (χ2n) is 8.26. The smallest absolute Gasteiger partial charge is 0.261 e. The molecule has 0 aliphatic carbocycles. The minimum Gasteiger partial charge on any atom is -0.484 e. The average molecular weight is 544 g/mol. The minimum absolute atomic E-state index is 0.0573. The lowest BCUT2D eigenvalue weighted by Crippen LogP contribution is -2.52. The van der Waals surface area contributed by atoms with Crippen LogP contribution in [0.25, 0.3) is 0 Å². The van der Waals surface area contributed by atoms with E-state index in [1.165, 1.54) is 0 Å². The highest BCUT2D eigenvalue weighted by Gasteiger charge is 2.31. The number of halogens is 2. The van der Waals surface area contributed by atoms with Crippen molar-refractivity contribution in [3.63, 3.8) is 0 Å². The molecule has 1 atom stereocenters. The van der Waals surface area contributed by atoms with E-state index in [9.17, 15) is 9.59 Å². The number of carbonyl (C=O) groups is 2. The summed E-state index contributed by atoms with van der Waals surface area (Å²) in [7, 11) is 0. The quantitative estimate of drug-likeness (QED) is 0.360. The molecular formula is C27H28BrClN2O3. The van der Waals surface area contributed by atoms with Crippen molar-refractivity contribution in [3.8, 4) is 5.75 Å². The third-order valence-corrected chi connectivity index (χ3v) is 5.89. The molecule has 0 heterocycles. The van der Waals surface area contributed by atoms with E-state index in [1.54, 1.807) is 29.2 Å². The average Bonchev–Trinajstić information content (AvgIpc) is 2.81. The summed E-state index contributed by atoms with van der Waals surface area (Å²) in [5.74, 6) is 0.00508. The number of nitrogens with zero attached hydrogens (tertiary/aromatic N) is 1. The van der Waals surface area contributed by atoms with Crippen LogP contribution >= 0.6 is 27.5 Å². The Morgan fingerprint density at radius 2 is 1.68 bits per heavy atom. The van der Waals surface area contributed by atoms with Gasteiger partial charge in [0.2, 0.25) is 5.91 Å². The van der Waals surface area contributed by atoms with Gasteiger partial charge in [-0.2, -0.15) is 0 Å². The van der Waals surface area contributed by atoms with E-state index in [0.29, 0.717) is 17.2 Å². The number of amides is 2. The Kier molecular flexibility index (Phi) is 9.54. The largest absolute Gasteiger partial charge is 0.484 e. The van der Waals surface area contributed by atoms with E-state index in [0.717, 1.165) is 15.6 Å². The van der Waals surface area contributed by atoms with Gasteiger partial charge in [-0.15, -0.1) is 0 Å². The van der Waals surface area contributed by atoms with E-state index < -0.39 is 6.04 Å². The van der Waals surface area contributed by atoms with Crippen molar-refractivity contribution in [1.29, 1.82) is 0 Å². The highest BCUT2D eigenvalue weighted by atomic mass is 79.9. The molecule has 3 rings (SSSR count). The summed E-state index contributed by atoms with van der Waals surface area (Å²) in [6, 6.07) is 23.5. The normalized spacial score (nSPS) is 11.7. The summed E-state index contributed by atoms with van der Waals surface area (Å²) < 4.78 is 6.67. The monoisotopic (exact) mass is 542 g/mol. The zero-order chi connectivity index (χ0) is 24.5. The van der Waals surface area contributed by atoms with Crippen LogP contribution in [0.15, 0.2) is 83.3 Å². The fraction of sp³-hybridized carbons (Fsp3) is 0.259. The maximum absolute atomic E-state index is 13.5. The molecule has 5 nitrogen and oxygen atoms in total. The number of hydrogen-bond acceptors (Lipinski definition) is 3. The van der Waals surface area contributed by atoms with Crippen LogP contribution in [0.3, 0.4) is 0 Å². The summed E-state index contributed by atoms with van der Waals surface area (Å²) in [6.45, 7) is 3.87. The third kappa shape index (κ3) is 7.89. The summed E-state index contributed by atoms with van der Waals surface area (Å²) in [5.41, 5.74) is 1.88. The lowest BCUT2D eigenvalue weighted by Gasteiger charge is -2.32. The first-order chi connectivity index (χ1) is 16.3. The summed E-state index contributed by atoms with van der Waals surface area (Å²) in [5, 5.41) is 3.50. The van der Waals surface area contributed by atoms with Crippen molar-refractivity contribution >= 4 is 39.3 Å². The molecule has 2 amide bonds. The van der Waals surface area contributed by atoms with Crippen LogP contribution in [0.4, 0.5) is 0 Å². The van der Waals surface area contributed by atoms with Gasteiger partial charge in [0, 0.05) is 28.5 Å². The molecule has 0 radical (unpaired) electrons. The van der Waals surface area contributed by atoms with Crippen molar-refractivity contribution in [3.05, 3.63) is 99.5 Å². The number of benzene rings is 3. The van der Waals surface area contributed by atoms with E-state index >= 15 is 0 Å². The molecule has 1 N–H and O–H groups in total. The zero-order valence-corrected chi connectivity index (χ0v) is 21.6. The van der Waals surface area contributed by atoms with Crippen molar-refractivity contribution in [2.45, 2.75) is 38.9 Å². The lowest BCUT2D eigenvalue weighted by atomic mass is 10.0. The van der Waals surface area contributed by atoms with E-state index in [2.05, 4.69) is 21.2 Å². The highest BCUT2D eigenvalue weighted by molar-refractivity contribution is 9.10. The van der Waals surface area contributed by atoms with Gasteiger partial charge in [-0.3, -0.25) is 9.59 Å². The molecule has 0 saturated heterocycles. The molecule has 0 unspecified atom stereocenters. The molecule has 0 spiro atoms. The molecule has 7 heteroatoms. The summed E-state index contributed by atoms with van der Waals surface area (Å²) >= 11 is 9.49. The first-order valence-electron chi connectivity index (χ1n) is 11.1. The van der Waals surface area contributed by atoms with Crippen LogP contribution in [0.1, 0.15) is 25.0 Å². The topological polar surface area (TPSA) is 58.6 Å². The second-order valence-corrected chi connectivity index (χ2v) is 9.62. The van der Waals surface area contributed by atoms with Crippen molar-refractivity contribution in [1.82, 2.24) is 10.2 Å². The van der Waals surface area contributed by atoms with Gasteiger partial charge in [0.15, 0.2) is 6.61 Å². The Morgan fingerprint density at radius 3 is 2.32 bits per heavy atom. The molecule has 0 aliphatic heterocycles. The number of ether oxygens (including phenoxy) is 1. The van der Waals surface area contributed by atoms with Gasteiger partial charge in [0.25, 0.3) is 5.91 Å². The molecular weight excluding hydrogens is 516 g/mol. The predicted octanol–water partition coefficient (Wildman–Crippen LogP) is 5.65.